The lowest BCUT2D eigenvalue weighted by atomic mass is 9.99. The van der Waals surface area contributed by atoms with Crippen LogP contribution >= 0.6 is 0 Å². The van der Waals surface area contributed by atoms with Crippen LogP contribution in [-0.2, 0) is 6.54 Å². The number of nitrogens with zero attached hydrogens (tertiary/aromatic N) is 1. The van der Waals surface area contributed by atoms with Crippen molar-refractivity contribution in [3.8, 4) is 0 Å². The summed E-state index contributed by atoms with van der Waals surface area (Å²) >= 11 is 0. The van der Waals surface area contributed by atoms with Gasteiger partial charge in [-0.05, 0) is 67.1 Å². The summed E-state index contributed by atoms with van der Waals surface area (Å²) in [5, 5.41) is 20.8. The van der Waals surface area contributed by atoms with E-state index in [-0.39, 0.29) is 0 Å². The molecule has 3 nitrogen and oxygen atoms in total. The number of hydrogen-bond donors (Lipinski definition) is 2. The van der Waals surface area contributed by atoms with E-state index in [9.17, 15) is 10.2 Å². The molecule has 0 radical (unpaired) electrons. The zero-order chi connectivity index (χ0) is 18.3. The summed E-state index contributed by atoms with van der Waals surface area (Å²) in [5.41, 5.74) is 7.78. The molecule has 132 valence electrons. The monoisotopic (exact) mass is 337 g/mol. The van der Waals surface area contributed by atoms with Gasteiger partial charge in [0.15, 0.2) is 6.29 Å². The van der Waals surface area contributed by atoms with Crippen molar-refractivity contribution in [3.05, 3.63) is 69.9 Å². The summed E-state index contributed by atoms with van der Waals surface area (Å²) < 4.78 is 2.02. The van der Waals surface area contributed by atoms with E-state index in [1.54, 1.807) is 0 Å². The third-order valence-electron chi connectivity index (χ3n) is 5.05. The molecular weight excluding hydrogens is 310 g/mol. The van der Waals surface area contributed by atoms with Crippen molar-refractivity contribution in [1.82, 2.24) is 4.57 Å². The molecule has 0 amide bonds. The number of aryl methyl sites for hydroxylation is 3. The van der Waals surface area contributed by atoms with Crippen molar-refractivity contribution >= 4 is 10.9 Å². The smallest absolute Gasteiger partial charge is 0.194 e. The maximum absolute atomic E-state index is 9.88. The molecule has 0 spiro atoms. The van der Waals surface area contributed by atoms with E-state index in [0.29, 0.717) is 18.2 Å². The van der Waals surface area contributed by atoms with Crippen LogP contribution < -0.4 is 0 Å². The predicted octanol–water partition coefficient (Wildman–Crippen LogP) is 4.72. The fourth-order valence-electron chi connectivity index (χ4n) is 3.68. The Kier molecular flexibility index (Phi) is 4.72. The van der Waals surface area contributed by atoms with Crippen molar-refractivity contribution in [2.45, 2.75) is 53.4 Å². The van der Waals surface area contributed by atoms with Crippen LogP contribution in [-0.4, -0.2) is 14.8 Å². The quantitative estimate of drug-likeness (QED) is 0.677. The minimum Gasteiger partial charge on any atom is -0.363 e. The largest absolute Gasteiger partial charge is 0.363 e. The number of aliphatic hydroxyl groups excluding tert-OH is 1. The molecule has 3 rings (SSSR count). The van der Waals surface area contributed by atoms with E-state index in [4.69, 9.17) is 0 Å². The zero-order valence-corrected chi connectivity index (χ0v) is 15.7. The molecule has 0 saturated heterocycles. The van der Waals surface area contributed by atoms with E-state index in [0.717, 1.165) is 10.9 Å². The molecule has 3 heteroatoms. The highest BCUT2D eigenvalue weighted by molar-refractivity contribution is 5.82. The van der Waals surface area contributed by atoms with Crippen LogP contribution in [0.15, 0.2) is 36.4 Å². The molecule has 0 bridgehead atoms. The summed E-state index contributed by atoms with van der Waals surface area (Å²) in [7, 11) is 0. The molecule has 0 atom stereocenters. The second kappa shape index (κ2) is 6.66. The first-order valence-electron chi connectivity index (χ1n) is 8.84. The van der Waals surface area contributed by atoms with Crippen molar-refractivity contribution in [2.24, 2.45) is 0 Å². The van der Waals surface area contributed by atoms with Crippen molar-refractivity contribution in [3.63, 3.8) is 0 Å². The lowest BCUT2D eigenvalue weighted by Gasteiger charge is -2.17. The van der Waals surface area contributed by atoms with Crippen LogP contribution in [0.3, 0.4) is 0 Å². The molecule has 1 aromatic heterocycles. The summed E-state index contributed by atoms with van der Waals surface area (Å²) in [4.78, 5) is 0. The minimum absolute atomic E-state index is 0.442. The molecule has 0 fully saturated rings. The molecule has 0 aliphatic rings. The molecule has 3 aromatic rings. The number of fused-ring (bicyclic) bond motifs is 1. The van der Waals surface area contributed by atoms with Gasteiger partial charge < -0.3 is 14.8 Å². The van der Waals surface area contributed by atoms with Crippen LogP contribution in [0.4, 0.5) is 0 Å². The van der Waals surface area contributed by atoms with Crippen LogP contribution in [0.2, 0.25) is 0 Å². The summed E-state index contributed by atoms with van der Waals surface area (Å²) in [6.45, 7) is 11.3. The van der Waals surface area contributed by atoms with E-state index >= 15 is 0 Å². The van der Waals surface area contributed by atoms with Gasteiger partial charge in [0.1, 0.15) is 0 Å². The maximum atomic E-state index is 9.88. The Morgan fingerprint density at radius 2 is 1.56 bits per heavy atom. The fourth-order valence-corrected chi connectivity index (χ4v) is 3.68. The van der Waals surface area contributed by atoms with Crippen molar-refractivity contribution in [1.29, 1.82) is 0 Å². The number of hydrogen-bond acceptors (Lipinski definition) is 2. The molecule has 2 aromatic carbocycles. The Bertz CT molecular complexity index is 896. The van der Waals surface area contributed by atoms with Gasteiger partial charge in [0.2, 0.25) is 0 Å². The molecule has 0 unspecified atom stereocenters. The van der Waals surface area contributed by atoms with Gasteiger partial charge in [-0.3, -0.25) is 0 Å². The van der Waals surface area contributed by atoms with Gasteiger partial charge in [-0.1, -0.05) is 37.6 Å². The van der Waals surface area contributed by atoms with Gasteiger partial charge in [-0.2, -0.15) is 0 Å². The second-order valence-electron chi connectivity index (χ2n) is 7.38. The highest BCUT2D eigenvalue weighted by Crippen LogP contribution is 2.29. The fraction of sp³-hybridized carbons (Fsp3) is 0.364. The van der Waals surface area contributed by atoms with Gasteiger partial charge >= 0.3 is 0 Å². The molecule has 0 saturated carbocycles. The van der Waals surface area contributed by atoms with Crippen LogP contribution in [0.1, 0.15) is 59.6 Å². The van der Waals surface area contributed by atoms with Crippen molar-refractivity contribution in [2.75, 3.05) is 0 Å². The highest BCUT2D eigenvalue weighted by atomic mass is 16.5. The van der Waals surface area contributed by atoms with E-state index in [1.807, 2.05) is 10.6 Å². The Morgan fingerprint density at radius 1 is 0.920 bits per heavy atom. The second-order valence-corrected chi connectivity index (χ2v) is 7.38. The maximum Gasteiger partial charge on any atom is 0.194 e. The summed E-state index contributed by atoms with van der Waals surface area (Å²) in [6, 6.07) is 12.6. The van der Waals surface area contributed by atoms with Crippen molar-refractivity contribution < 1.29 is 10.2 Å². The molecule has 1 heterocycles. The van der Waals surface area contributed by atoms with Crippen LogP contribution in [0, 0.1) is 20.8 Å². The van der Waals surface area contributed by atoms with Gasteiger partial charge in [-0.25, -0.2) is 0 Å². The first kappa shape index (κ1) is 17.7. The first-order valence-corrected chi connectivity index (χ1v) is 8.84. The molecule has 0 aliphatic carbocycles. The third-order valence-corrected chi connectivity index (χ3v) is 5.05. The molecular formula is C22H27NO2. The van der Waals surface area contributed by atoms with E-state index < -0.39 is 6.29 Å². The summed E-state index contributed by atoms with van der Waals surface area (Å²) in [5.74, 6) is 0.442. The lowest BCUT2D eigenvalue weighted by molar-refractivity contribution is -0.0478. The topological polar surface area (TPSA) is 45.4 Å². The van der Waals surface area contributed by atoms with Gasteiger partial charge in [0.05, 0.1) is 5.69 Å². The molecule has 0 aliphatic heterocycles. The minimum atomic E-state index is -1.49. The van der Waals surface area contributed by atoms with Gasteiger partial charge in [0, 0.05) is 17.4 Å². The predicted molar refractivity (Wildman–Crippen MR) is 103 cm³/mol. The van der Waals surface area contributed by atoms with E-state index in [1.165, 1.54) is 27.8 Å². The number of benzene rings is 2. The highest BCUT2D eigenvalue weighted by Gasteiger charge is 2.17. The number of aliphatic hydroxyl groups is 2. The SMILES string of the molecule is Cc1cc(C)c(Cn2c(C(O)O)cc3cc(C(C)C)ccc32)c(C)c1. The average Bonchev–Trinajstić information content (AvgIpc) is 2.88. The zero-order valence-electron chi connectivity index (χ0n) is 15.7. The Balaban J connectivity index is 2.16. The van der Waals surface area contributed by atoms with E-state index in [2.05, 4.69) is 65.0 Å². The third kappa shape index (κ3) is 3.35. The van der Waals surface area contributed by atoms with Crippen LogP contribution in [0.25, 0.3) is 10.9 Å². The van der Waals surface area contributed by atoms with Gasteiger partial charge in [-0.15, -0.1) is 0 Å². The lowest BCUT2D eigenvalue weighted by Crippen LogP contribution is -2.10. The molecule has 25 heavy (non-hydrogen) atoms. The number of aromatic nitrogens is 1. The molecule has 2 N–H and O–H groups in total. The number of rotatable bonds is 4. The Hall–Kier alpha value is -2.10. The standard InChI is InChI=1S/C22H27NO2/c1-13(2)17-6-7-20-18(10-17)11-21(22(24)25)23(20)12-19-15(4)8-14(3)9-16(19)5/h6-11,13,22,24-25H,12H2,1-5H3. The van der Waals surface area contributed by atoms with Crippen LogP contribution in [0.5, 0.6) is 0 Å². The van der Waals surface area contributed by atoms with Gasteiger partial charge in [0.25, 0.3) is 0 Å². The Labute approximate surface area is 149 Å². The first-order chi connectivity index (χ1) is 11.8. The normalized spacial score (nSPS) is 11.9. The Morgan fingerprint density at radius 3 is 2.12 bits per heavy atom. The summed E-state index contributed by atoms with van der Waals surface area (Å²) in [6.07, 6.45) is -1.49. The average molecular weight is 337 g/mol.